The minimum absolute atomic E-state index is 0.489. The van der Waals surface area contributed by atoms with Crippen LogP contribution in [0.2, 0.25) is 0 Å². The Morgan fingerprint density at radius 3 is 2.69 bits per heavy atom. The SMILES string of the molecule is COc1ncc([N+](=O)[O-])c(C#N)c1C(F)F. The number of nitro groups is 1. The molecule has 0 saturated carbocycles. The van der Waals surface area contributed by atoms with Gasteiger partial charge in [0.2, 0.25) is 5.88 Å². The van der Waals surface area contributed by atoms with Crippen LogP contribution in [0.3, 0.4) is 0 Å². The van der Waals surface area contributed by atoms with Crippen molar-refractivity contribution < 1.29 is 18.4 Å². The summed E-state index contributed by atoms with van der Waals surface area (Å²) in [6, 6.07) is 1.36. The monoisotopic (exact) mass is 229 g/mol. The Bertz CT molecular complexity index is 470. The Morgan fingerprint density at radius 2 is 2.31 bits per heavy atom. The van der Waals surface area contributed by atoms with Gasteiger partial charge in [0.1, 0.15) is 23.4 Å². The highest BCUT2D eigenvalue weighted by Gasteiger charge is 2.28. The molecule has 0 aliphatic carbocycles. The van der Waals surface area contributed by atoms with E-state index >= 15 is 0 Å². The van der Waals surface area contributed by atoms with E-state index in [0.29, 0.717) is 6.20 Å². The number of rotatable bonds is 3. The van der Waals surface area contributed by atoms with E-state index in [-0.39, 0.29) is 0 Å². The van der Waals surface area contributed by atoms with Gasteiger partial charge in [0.15, 0.2) is 0 Å². The average Bonchev–Trinajstić information content (AvgIpc) is 2.26. The molecule has 8 heteroatoms. The molecule has 0 atom stereocenters. The molecule has 16 heavy (non-hydrogen) atoms. The number of halogens is 2. The lowest BCUT2D eigenvalue weighted by atomic mass is 10.1. The highest BCUT2D eigenvalue weighted by atomic mass is 19.3. The van der Waals surface area contributed by atoms with Gasteiger partial charge in [0.25, 0.3) is 6.43 Å². The van der Waals surface area contributed by atoms with Gasteiger partial charge >= 0.3 is 5.69 Å². The Morgan fingerprint density at radius 1 is 1.69 bits per heavy atom. The lowest BCUT2D eigenvalue weighted by molar-refractivity contribution is -0.385. The fourth-order valence-electron chi connectivity index (χ4n) is 1.12. The maximum atomic E-state index is 12.6. The summed E-state index contributed by atoms with van der Waals surface area (Å²) in [6.07, 6.45) is -2.36. The van der Waals surface area contributed by atoms with E-state index in [1.165, 1.54) is 6.07 Å². The van der Waals surface area contributed by atoms with Gasteiger partial charge in [0, 0.05) is 0 Å². The number of nitriles is 1. The van der Waals surface area contributed by atoms with Gasteiger partial charge in [-0.3, -0.25) is 10.1 Å². The molecule has 0 aliphatic rings. The topological polar surface area (TPSA) is 89.1 Å². The molecule has 0 aromatic carbocycles. The molecule has 1 rings (SSSR count). The zero-order valence-electron chi connectivity index (χ0n) is 7.98. The summed E-state index contributed by atoms with van der Waals surface area (Å²) < 4.78 is 29.7. The van der Waals surface area contributed by atoms with Crippen molar-refractivity contribution in [3.63, 3.8) is 0 Å². The molecule has 0 unspecified atom stereocenters. The van der Waals surface area contributed by atoms with E-state index in [1.54, 1.807) is 0 Å². The predicted octanol–water partition coefficient (Wildman–Crippen LogP) is 1.81. The molecule has 0 fully saturated rings. The van der Waals surface area contributed by atoms with E-state index in [9.17, 15) is 18.9 Å². The number of ether oxygens (including phenoxy) is 1. The fraction of sp³-hybridized carbons (Fsp3) is 0.250. The molecular formula is C8H5F2N3O3. The Kier molecular flexibility index (Phi) is 3.30. The largest absolute Gasteiger partial charge is 0.481 e. The van der Waals surface area contributed by atoms with Gasteiger partial charge in [-0.15, -0.1) is 0 Å². The molecule has 6 nitrogen and oxygen atoms in total. The molecule has 0 aliphatic heterocycles. The molecular weight excluding hydrogens is 224 g/mol. The average molecular weight is 229 g/mol. The molecule has 0 spiro atoms. The van der Waals surface area contributed by atoms with Gasteiger partial charge in [0.05, 0.1) is 12.0 Å². The molecule has 0 bridgehead atoms. The minimum atomic E-state index is -3.07. The number of aromatic nitrogens is 1. The first-order valence-corrected chi connectivity index (χ1v) is 3.92. The zero-order valence-corrected chi connectivity index (χ0v) is 7.98. The van der Waals surface area contributed by atoms with Crippen molar-refractivity contribution in [1.29, 1.82) is 5.26 Å². The van der Waals surface area contributed by atoms with Crippen LogP contribution in [0.4, 0.5) is 14.5 Å². The van der Waals surface area contributed by atoms with Crippen molar-refractivity contribution in [2.45, 2.75) is 6.43 Å². The first-order valence-electron chi connectivity index (χ1n) is 3.92. The maximum absolute atomic E-state index is 12.6. The summed E-state index contributed by atoms with van der Waals surface area (Å²) in [5.74, 6) is -0.489. The summed E-state index contributed by atoms with van der Waals surface area (Å²) in [7, 11) is 1.08. The van der Waals surface area contributed by atoms with Gasteiger partial charge in [-0.1, -0.05) is 0 Å². The Balaban J connectivity index is 3.58. The zero-order chi connectivity index (χ0) is 12.3. The van der Waals surface area contributed by atoms with Crippen molar-refractivity contribution in [3.05, 3.63) is 27.4 Å². The molecule has 0 amide bonds. The lowest BCUT2D eigenvalue weighted by Crippen LogP contribution is -2.03. The number of alkyl halides is 2. The number of hydrogen-bond acceptors (Lipinski definition) is 5. The third-order valence-corrected chi connectivity index (χ3v) is 1.78. The van der Waals surface area contributed by atoms with Crippen LogP contribution in [-0.4, -0.2) is 17.0 Å². The van der Waals surface area contributed by atoms with Gasteiger partial charge in [-0.2, -0.15) is 5.26 Å². The molecule has 1 aromatic heterocycles. The molecule has 0 N–H and O–H groups in total. The number of hydrogen-bond donors (Lipinski definition) is 0. The Labute approximate surface area is 88.2 Å². The second-order valence-corrected chi connectivity index (χ2v) is 2.61. The van der Waals surface area contributed by atoms with Crippen molar-refractivity contribution in [3.8, 4) is 11.9 Å². The second kappa shape index (κ2) is 4.48. The lowest BCUT2D eigenvalue weighted by Gasteiger charge is -2.07. The van der Waals surface area contributed by atoms with E-state index in [1.807, 2.05) is 0 Å². The highest BCUT2D eigenvalue weighted by Crippen LogP contribution is 2.34. The summed E-state index contributed by atoms with van der Waals surface area (Å²) in [4.78, 5) is 12.9. The first kappa shape index (κ1) is 11.8. The second-order valence-electron chi connectivity index (χ2n) is 2.61. The smallest absolute Gasteiger partial charge is 0.305 e. The Hall–Kier alpha value is -2.30. The van der Waals surface area contributed by atoms with Crippen LogP contribution < -0.4 is 4.74 Å². The summed E-state index contributed by atoms with van der Waals surface area (Å²) in [6.45, 7) is 0. The van der Waals surface area contributed by atoms with Crippen molar-refractivity contribution in [2.24, 2.45) is 0 Å². The normalized spacial score (nSPS) is 9.94. The van der Waals surface area contributed by atoms with Gasteiger partial charge < -0.3 is 4.74 Å². The van der Waals surface area contributed by atoms with Crippen LogP contribution in [-0.2, 0) is 0 Å². The van der Waals surface area contributed by atoms with E-state index in [0.717, 1.165) is 7.11 Å². The summed E-state index contributed by atoms with van der Waals surface area (Å²) in [5.41, 5.74) is -2.36. The van der Waals surface area contributed by atoms with E-state index in [4.69, 9.17) is 5.26 Å². The third-order valence-electron chi connectivity index (χ3n) is 1.78. The fourth-order valence-corrected chi connectivity index (χ4v) is 1.12. The van der Waals surface area contributed by atoms with Crippen LogP contribution >= 0.6 is 0 Å². The van der Waals surface area contributed by atoms with Gasteiger partial charge in [-0.25, -0.2) is 13.8 Å². The van der Waals surface area contributed by atoms with E-state index < -0.39 is 34.0 Å². The van der Waals surface area contributed by atoms with Crippen molar-refractivity contribution in [1.82, 2.24) is 4.98 Å². The molecule has 1 aromatic rings. The highest BCUT2D eigenvalue weighted by molar-refractivity contribution is 5.55. The molecule has 1 heterocycles. The van der Waals surface area contributed by atoms with Crippen LogP contribution in [0.1, 0.15) is 17.6 Å². The quantitative estimate of drug-likeness (QED) is 0.582. The van der Waals surface area contributed by atoms with Crippen molar-refractivity contribution >= 4 is 5.69 Å². The van der Waals surface area contributed by atoms with Crippen LogP contribution in [0.5, 0.6) is 5.88 Å². The van der Waals surface area contributed by atoms with Crippen LogP contribution in [0, 0.1) is 21.4 Å². The standard InChI is InChI=1S/C8H5F2N3O3/c1-16-8-6(7(9)10)4(2-11)5(3-12-8)13(14)15/h3,7H,1H3. The molecule has 84 valence electrons. The predicted molar refractivity (Wildman–Crippen MR) is 47.1 cm³/mol. The maximum Gasteiger partial charge on any atom is 0.305 e. The van der Waals surface area contributed by atoms with Crippen LogP contribution in [0.25, 0.3) is 0 Å². The molecule has 0 radical (unpaired) electrons. The number of nitrogens with zero attached hydrogens (tertiary/aromatic N) is 3. The minimum Gasteiger partial charge on any atom is -0.481 e. The summed E-state index contributed by atoms with van der Waals surface area (Å²) in [5, 5.41) is 19.1. The van der Waals surface area contributed by atoms with Gasteiger partial charge in [-0.05, 0) is 0 Å². The van der Waals surface area contributed by atoms with E-state index in [2.05, 4.69) is 9.72 Å². The van der Waals surface area contributed by atoms with Crippen LogP contribution in [0.15, 0.2) is 6.20 Å². The number of methoxy groups -OCH3 is 1. The first-order chi connectivity index (χ1) is 7.52. The number of pyridine rings is 1. The summed E-state index contributed by atoms with van der Waals surface area (Å²) >= 11 is 0. The van der Waals surface area contributed by atoms with Crippen molar-refractivity contribution in [2.75, 3.05) is 7.11 Å². The third kappa shape index (κ3) is 1.88. The molecule has 0 saturated heterocycles.